The number of benzene rings is 1. The highest BCUT2D eigenvalue weighted by Crippen LogP contribution is 2.15. The minimum absolute atomic E-state index is 0.0707. The monoisotopic (exact) mass is 220 g/mol. The number of anilines is 1. The Morgan fingerprint density at radius 1 is 1.50 bits per heavy atom. The van der Waals surface area contributed by atoms with Crippen LogP contribution in [0.4, 0.5) is 5.69 Å². The molecule has 1 aromatic carbocycles. The van der Waals surface area contributed by atoms with Crippen LogP contribution in [-0.4, -0.2) is 5.91 Å². The first-order valence-corrected chi connectivity index (χ1v) is 5.68. The molecule has 1 atom stereocenters. The zero-order valence-electron chi connectivity index (χ0n) is 10.2. The molecular weight excluding hydrogens is 200 g/mol. The van der Waals surface area contributed by atoms with Crippen LogP contribution in [0.2, 0.25) is 0 Å². The molecule has 0 aliphatic heterocycles. The van der Waals surface area contributed by atoms with Crippen LogP contribution in [0.3, 0.4) is 0 Å². The van der Waals surface area contributed by atoms with Gasteiger partial charge in [0, 0.05) is 18.2 Å². The molecule has 0 heterocycles. The van der Waals surface area contributed by atoms with E-state index in [0.29, 0.717) is 6.54 Å². The molecule has 1 amide bonds. The van der Waals surface area contributed by atoms with Crippen LogP contribution >= 0.6 is 0 Å². The smallest absolute Gasteiger partial charge is 0.223 e. The Hall–Kier alpha value is -1.51. The summed E-state index contributed by atoms with van der Waals surface area (Å²) in [6, 6.07) is 5.77. The van der Waals surface area contributed by atoms with E-state index in [0.717, 1.165) is 23.2 Å². The normalized spacial score (nSPS) is 12.2. The number of hydrogen-bond donors (Lipinski definition) is 2. The summed E-state index contributed by atoms with van der Waals surface area (Å²) in [4.78, 5) is 11.6. The first-order valence-electron chi connectivity index (χ1n) is 5.68. The van der Waals surface area contributed by atoms with Gasteiger partial charge in [0.25, 0.3) is 0 Å². The van der Waals surface area contributed by atoms with Crippen LogP contribution in [-0.2, 0) is 11.3 Å². The molecule has 0 aromatic heterocycles. The summed E-state index contributed by atoms with van der Waals surface area (Å²) in [5, 5.41) is 2.92. The van der Waals surface area contributed by atoms with Crippen molar-refractivity contribution in [3.63, 3.8) is 0 Å². The van der Waals surface area contributed by atoms with Gasteiger partial charge in [-0.3, -0.25) is 4.79 Å². The minimum atomic E-state index is 0.0707. The molecule has 0 bridgehead atoms. The van der Waals surface area contributed by atoms with Crippen molar-refractivity contribution in [2.45, 2.75) is 33.7 Å². The molecule has 0 saturated heterocycles. The van der Waals surface area contributed by atoms with Crippen molar-refractivity contribution in [1.82, 2.24) is 5.32 Å². The highest BCUT2D eigenvalue weighted by molar-refractivity contribution is 5.78. The molecule has 0 radical (unpaired) electrons. The summed E-state index contributed by atoms with van der Waals surface area (Å²) in [6.07, 6.45) is 0.863. The average molecular weight is 220 g/mol. The molecule has 1 rings (SSSR count). The fourth-order valence-electron chi connectivity index (χ4n) is 1.44. The molecule has 3 heteroatoms. The summed E-state index contributed by atoms with van der Waals surface area (Å²) in [6.45, 7) is 6.47. The third kappa shape index (κ3) is 2.99. The number of carbonyl (C=O) groups is 1. The second-order valence-electron chi connectivity index (χ2n) is 4.16. The molecule has 0 saturated carbocycles. The van der Waals surface area contributed by atoms with Crippen LogP contribution in [0.1, 0.15) is 31.4 Å². The number of nitrogen functional groups attached to an aromatic ring is 1. The number of rotatable bonds is 4. The van der Waals surface area contributed by atoms with E-state index in [1.807, 2.05) is 39.0 Å². The third-order valence-corrected chi connectivity index (χ3v) is 3.00. The standard InChI is InChI=1S/C13H20N2O/c1-4-9(2)13(16)15-8-11-6-5-7-12(14)10(11)3/h5-7,9H,4,8,14H2,1-3H3,(H,15,16). The van der Waals surface area contributed by atoms with Crippen LogP contribution < -0.4 is 11.1 Å². The van der Waals surface area contributed by atoms with Gasteiger partial charge in [-0.25, -0.2) is 0 Å². The molecule has 88 valence electrons. The maximum Gasteiger partial charge on any atom is 0.223 e. The fourth-order valence-corrected chi connectivity index (χ4v) is 1.44. The summed E-state index contributed by atoms with van der Waals surface area (Å²) < 4.78 is 0. The number of carbonyl (C=O) groups excluding carboxylic acids is 1. The summed E-state index contributed by atoms with van der Waals surface area (Å²) in [7, 11) is 0. The van der Waals surface area contributed by atoms with Crippen molar-refractivity contribution in [3.8, 4) is 0 Å². The van der Waals surface area contributed by atoms with Gasteiger partial charge in [-0.05, 0) is 30.5 Å². The van der Waals surface area contributed by atoms with E-state index < -0.39 is 0 Å². The summed E-state index contributed by atoms with van der Waals surface area (Å²) >= 11 is 0. The van der Waals surface area contributed by atoms with Gasteiger partial charge in [-0.15, -0.1) is 0 Å². The number of amides is 1. The van der Waals surface area contributed by atoms with Crippen LogP contribution in [0.15, 0.2) is 18.2 Å². The van der Waals surface area contributed by atoms with Gasteiger partial charge in [0.05, 0.1) is 0 Å². The molecule has 0 fully saturated rings. The molecular formula is C13H20N2O. The molecule has 1 unspecified atom stereocenters. The minimum Gasteiger partial charge on any atom is -0.399 e. The predicted octanol–water partition coefficient (Wildman–Crippen LogP) is 2.24. The van der Waals surface area contributed by atoms with E-state index in [4.69, 9.17) is 5.73 Å². The molecule has 1 aromatic rings. The molecule has 3 nitrogen and oxygen atoms in total. The van der Waals surface area contributed by atoms with Crippen molar-refractivity contribution < 1.29 is 4.79 Å². The Morgan fingerprint density at radius 3 is 2.81 bits per heavy atom. The Kier molecular flexibility index (Phi) is 4.35. The maximum absolute atomic E-state index is 11.6. The second kappa shape index (κ2) is 5.54. The van der Waals surface area contributed by atoms with Crippen molar-refractivity contribution in [3.05, 3.63) is 29.3 Å². The van der Waals surface area contributed by atoms with E-state index >= 15 is 0 Å². The lowest BCUT2D eigenvalue weighted by Crippen LogP contribution is -2.28. The van der Waals surface area contributed by atoms with Gasteiger partial charge in [0.1, 0.15) is 0 Å². The van der Waals surface area contributed by atoms with Gasteiger partial charge >= 0.3 is 0 Å². The quantitative estimate of drug-likeness (QED) is 0.765. The maximum atomic E-state index is 11.6. The zero-order valence-corrected chi connectivity index (χ0v) is 10.2. The van der Waals surface area contributed by atoms with E-state index in [1.54, 1.807) is 0 Å². The number of hydrogen-bond acceptors (Lipinski definition) is 2. The fraction of sp³-hybridized carbons (Fsp3) is 0.462. The van der Waals surface area contributed by atoms with Crippen molar-refractivity contribution >= 4 is 11.6 Å². The van der Waals surface area contributed by atoms with E-state index in [-0.39, 0.29) is 11.8 Å². The van der Waals surface area contributed by atoms with E-state index in [2.05, 4.69) is 5.32 Å². The highest BCUT2D eigenvalue weighted by Gasteiger charge is 2.10. The topological polar surface area (TPSA) is 55.1 Å². The Labute approximate surface area is 97.0 Å². The van der Waals surface area contributed by atoms with E-state index in [1.165, 1.54) is 0 Å². The van der Waals surface area contributed by atoms with Crippen LogP contribution in [0.25, 0.3) is 0 Å². The number of nitrogens with one attached hydrogen (secondary N) is 1. The Bertz CT molecular complexity index is 374. The lowest BCUT2D eigenvalue weighted by Gasteiger charge is -2.12. The predicted molar refractivity (Wildman–Crippen MR) is 66.9 cm³/mol. The lowest BCUT2D eigenvalue weighted by atomic mass is 10.1. The van der Waals surface area contributed by atoms with Gasteiger partial charge < -0.3 is 11.1 Å². The van der Waals surface area contributed by atoms with Crippen LogP contribution in [0, 0.1) is 12.8 Å². The summed E-state index contributed by atoms with van der Waals surface area (Å²) in [5.41, 5.74) is 8.70. The van der Waals surface area contributed by atoms with Crippen LogP contribution in [0.5, 0.6) is 0 Å². The zero-order chi connectivity index (χ0) is 12.1. The first kappa shape index (κ1) is 12.6. The van der Waals surface area contributed by atoms with Crippen molar-refractivity contribution in [1.29, 1.82) is 0 Å². The third-order valence-electron chi connectivity index (χ3n) is 3.00. The van der Waals surface area contributed by atoms with Gasteiger partial charge in [-0.2, -0.15) is 0 Å². The Balaban J connectivity index is 2.61. The molecule has 0 spiro atoms. The SMILES string of the molecule is CCC(C)C(=O)NCc1cccc(N)c1C. The highest BCUT2D eigenvalue weighted by atomic mass is 16.1. The van der Waals surface area contributed by atoms with Gasteiger partial charge in [0.15, 0.2) is 0 Å². The second-order valence-corrected chi connectivity index (χ2v) is 4.16. The molecule has 0 aliphatic rings. The summed E-state index contributed by atoms with van der Waals surface area (Å²) in [5.74, 6) is 0.172. The number of nitrogens with two attached hydrogens (primary N) is 1. The molecule has 16 heavy (non-hydrogen) atoms. The van der Waals surface area contributed by atoms with Gasteiger partial charge in [0.2, 0.25) is 5.91 Å². The van der Waals surface area contributed by atoms with Crippen molar-refractivity contribution in [2.75, 3.05) is 5.73 Å². The van der Waals surface area contributed by atoms with Gasteiger partial charge in [-0.1, -0.05) is 26.0 Å². The first-order chi connectivity index (χ1) is 7.56. The average Bonchev–Trinajstić information content (AvgIpc) is 2.29. The molecule has 0 aliphatic carbocycles. The largest absolute Gasteiger partial charge is 0.399 e. The molecule has 3 N–H and O–H groups in total. The van der Waals surface area contributed by atoms with E-state index in [9.17, 15) is 4.79 Å². The van der Waals surface area contributed by atoms with Crippen molar-refractivity contribution in [2.24, 2.45) is 5.92 Å². The Morgan fingerprint density at radius 2 is 2.19 bits per heavy atom. The lowest BCUT2D eigenvalue weighted by molar-refractivity contribution is -0.124.